The Kier molecular flexibility index (Phi) is 4.65. The Morgan fingerprint density at radius 1 is 1.30 bits per heavy atom. The predicted molar refractivity (Wildman–Crippen MR) is 116 cm³/mol. The molecule has 0 radical (unpaired) electrons. The average Bonchev–Trinajstić information content (AvgIpc) is 3.05. The molecule has 1 aliphatic heterocycles. The monoisotopic (exact) mass is 441 g/mol. The van der Waals surface area contributed by atoms with Gasteiger partial charge in [-0.2, -0.15) is 4.98 Å². The smallest absolute Gasteiger partial charge is 0.263 e. The Hall–Kier alpha value is -3.01. The third-order valence-corrected chi connectivity index (χ3v) is 6.17. The minimum absolute atomic E-state index is 0.0178. The summed E-state index contributed by atoms with van der Waals surface area (Å²) in [5.41, 5.74) is 1.96. The van der Waals surface area contributed by atoms with Crippen LogP contribution in [0.4, 0.5) is 5.69 Å². The van der Waals surface area contributed by atoms with E-state index in [-0.39, 0.29) is 29.7 Å². The van der Waals surface area contributed by atoms with Crippen LogP contribution in [0.15, 0.2) is 30.5 Å². The van der Waals surface area contributed by atoms with Crippen molar-refractivity contribution in [2.45, 2.75) is 19.6 Å². The van der Waals surface area contributed by atoms with E-state index in [0.717, 1.165) is 21.2 Å². The largest absolute Gasteiger partial charge is 0.420 e. The average molecular weight is 442 g/mol. The lowest BCUT2D eigenvalue weighted by atomic mass is 10.1. The van der Waals surface area contributed by atoms with E-state index >= 15 is 0 Å². The third kappa shape index (κ3) is 3.20. The second kappa shape index (κ2) is 7.35. The van der Waals surface area contributed by atoms with Crippen molar-refractivity contribution in [2.24, 2.45) is 0 Å². The van der Waals surface area contributed by atoms with Crippen LogP contribution in [0.2, 0.25) is 5.28 Å². The molecule has 1 amide bonds. The van der Waals surface area contributed by atoms with Crippen LogP contribution in [0.1, 0.15) is 22.2 Å². The van der Waals surface area contributed by atoms with Crippen molar-refractivity contribution in [3.63, 3.8) is 0 Å². The Morgan fingerprint density at radius 2 is 2.17 bits per heavy atom. The maximum absolute atomic E-state index is 12.5. The number of aromatic nitrogens is 3. The third-order valence-electron chi connectivity index (χ3n) is 4.83. The number of thiophene rings is 1. The molecule has 0 unspecified atom stereocenters. The molecule has 4 aromatic rings. The van der Waals surface area contributed by atoms with Crippen LogP contribution < -0.4 is 15.4 Å². The number of halogens is 1. The molecule has 0 aliphatic carbocycles. The van der Waals surface area contributed by atoms with Crippen molar-refractivity contribution in [3.8, 4) is 11.8 Å². The van der Waals surface area contributed by atoms with E-state index in [1.807, 2.05) is 25.1 Å². The highest BCUT2D eigenvalue weighted by Gasteiger charge is 2.24. The summed E-state index contributed by atoms with van der Waals surface area (Å²) in [4.78, 5) is 25.7. The van der Waals surface area contributed by atoms with Gasteiger partial charge in [0, 0.05) is 40.3 Å². The summed E-state index contributed by atoms with van der Waals surface area (Å²) in [6.07, 6.45) is 1.41. The summed E-state index contributed by atoms with van der Waals surface area (Å²) in [6, 6.07) is 7.51. The van der Waals surface area contributed by atoms with Crippen LogP contribution in [-0.4, -0.2) is 38.6 Å². The molecule has 4 heterocycles. The number of hydrogen-bond donors (Lipinski definition) is 3. The van der Waals surface area contributed by atoms with E-state index in [4.69, 9.17) is 16.3 Å². The quantitative estimate of drug-likeness (QED) is 0.415. The first-order chi connectivity index (χ1) is 14.5. The van der Waals surface area contributed by atoms with Gasteiger partial charge in [-0.25, -0.2) is 9.97 Å². The van der Waals surface area contributed by atoms with Crippen molar-refractivity contribution >= 4 is 55.5 Å². The van der Waals surface area contributed by atoms with Gasteiger partial charge in [-0.05, 0) is 36.7 Å². The zero-order chi connectivity index (χ0) is 20.8. The maximum Gasteiger partial charge on any atom is 0.263 e. The van der Waals surface area contributed by atoms with E-state index in [2.05, 4.69) is 25.6 Å². The molecular formula is C20H16ClN5O3S. The normalized spacial score (nSPS) is 16.1. The Labute approximate surface area is 179 Å². The SMILES string of the molecule is C[C@H]1CNc2c(sc3ccc4nc(Oc5nc(Cl)ncc5CO)ccc4c23)C(=O)N1. The summed E-state index contributed by atoms with van der Waals surface area (Å²) in [5, 5.41) is 17.8. The number of carbonyl (C=O) groups excluding carboxylic acids is 1. The van der Waals surface area contributed by atoms with Gasteiger partial charge >= 0.3 is 0 Å². The number of anilines is 1. The Bertz CT molecular complexity index is 1310. The Morgan fingerprint density at radius 3 is 3.00 bits per heavy atom. The molecule has 0 saturated carbocycles. The fourth-order valence-corrected chi connectivity index (χ4v) is 4.65. The first-order valence-corrected chi connectivity index (χ1v) is 10.4. The van der Waals surface area contributed by atoms with Gasteiger partial charge in [0.25, 0.3) is 5.91 Å². The summed E-state index contributed by atoms with van der Waals surface area (Å²) in [7, 11) is 0. The number of carbonyl (C=O) groups is 1. The Balaban J connectivity index is 1.60. The number of pyridine rings is 1. The van der Waals surface area contributed by atoms with Gasteiger partial charge in [-0.1, -0.05) is 0 Å². The van der Waals surface area contributed by atoms with Gasteiger partial charge in [0.1, 0.15) is 4.88 Å². The second-order valence-electron chi connectivity index (χ2n) is 6.95. The topological polar surface area (TPSA) is 109 Å². The van der Waals surface area contributed by atoms with Crippen LogP contribution in [0.5, 0.6) is 11.8 Å². The van der Waals surface area contributed by atoms with Crippen molar-refractivity contribution in [3.05, 3.63) is 46.2 Å². The summed E-state index contributed by atoms with van der Waals surface area (Å²) < 4.78 is 6.77. The summed E-state index contributed by atoms with van der Waals surface area (Å²) in [6.45, 7) is 2.33. The van der Waals surface area contributed by atoms with E-state index in [1.54, 1.807) is 6.07 Å². The van der Waals surface area contributed by atoms with E-state index in [9.17, 15) is 9.90 Å². The molecule has 30 heavy (non-hydrogen) atoms. The van der Waals surface area contributed by atoms with Gasteiger partial charge in [0.05, 0.1) is 23.4 Å². The molecule has 152 valence electrons. The minimum Gasteiger partial charge on any atom is -0.420 e. The number of ether oxygens (including phenoxy) is 1. The molecule has 1 aliphatic rings. The summed E-state index contributed by atoms with van der Waals surface area (Å²) in [5.74, 6) is 0.399. The highest BCUT2D eigenvalue weighted by Crippen LogP contribution is 2.41. The molecule has 0 saturated heterocycles. The van der Waals surface area contributed by atoms with Gasteiger partial charge in [-0.15, -0.1) is 11.3 Å². The lowest BCUT2D eigenvalue weighted by Gasteiger charge is -2.11. The fraction of sp³-hybridized carbons (Fsp3) is 0.200. The highest BCUT2D eigenvalue weighted by molar-refractivity contribution is 7.21. The number of aliphatic hydroxyl groups is 1. The van der Waals surface area contributed by atoms with Gasteiger partial charge in [0.15, 0.2) is 0 Å². The number of rotatable bonds is 3. The number of fused-ring (bicyclic) bond motifs is 5. The number of nitrogens with zero attached hydrogens (tertiary/aromatic N) is 3. The first-order valence-electron chi connectivity index (χ1n) is 9.24. The standard InChI is InChI=1S/C20H16ClN5O3S/c1-9-6-22-16-15-11-2-5-14(29-19-10(8-27)7-23-20(21)26-19)25-12(11)3-4-13(15)30-17(16)18(28)24-9/h2-5,7,9,22,27H,6,8H2,1H3,(H,24,28)/t9-/m0/s1. The van der Waals surface area contributed by atoms with Crippen LogP contribution in [-0.2, 0) is 6.61 Å². The molecule has 3 aromatic heterocycles. The van der Waals surface area contributed by atoms with Crippen LogP contribution in [0.3, 0.4) is 0 Å². The molecule has 0 fully saturated rings. The molecule has 0 bridgehead atoms. The molecule has 1 aromatic carbocycles. The fourth-order valence-electron chi connectivity index (χ4n) is 3.43. The second-order valence-corrected chi connectivity index (χ2v) is 8.34. The molecular weight excluding hydrogens is 426 g/mol. The molecule has 8 nitrogen and oxygen atoms in total. The first kappa shape index (κ1) is 19.0. The van der Waals surface area contributed by atoms with Crippen molar-refractivity contribution in [1.29, 1.82) is 0 Å². The molecule has 3 N–H and O–H groups in total. The lowest BCUT2D eigenvalue weighted by molar-refractivity contribution is 0.0949. The molecule has 10 heteroatoms. The van der Waals surface area contributed by atoms with Gasteiger partial charge in [0.2, 0.25) is 17.0 Å². The minimum atomic E-state index is -0.284. The maximum atomic E-state index is 12.5. The van der Waals surface area contributed by atoms with Gasteiger partial charge in [-0.3, -0.25) is 4.79 Å². The van der Waals surface area contributed by atoms with E-state index in [0.29, 0.717) is 28.4 Å². The molecule has 0 spiro atoms. The number of aliphatic hydroxyl groups excluding tert-OH is 1. The predicted octanol–water partition coefficient (Wildman–Crippen LogP) is 3.72. The molecule has 5 rings (SSSR count). The van der Waals surface area contributed by atoms with E-state index in [1.165, 1.54) is 17.5 Å². The zero-order valence-corrected chi connectivity index (χ0v) is 17.3. The van der Waals surface area contributed by atoms with Crippen molar-refractivity contribution in [1.82, 2.24) is 20.3 Å². The number of benzene rings is 1. The lowest BCUT2D eigenvalue weighted by Crippen LogP contribution is -2.34. The van der Waals surface area contributed by atoms with Crippen LogP contribution in [0.25, 0.3) is 21.0 Å². The number of hydrogen-bond acceptors (Lipinski definition) is 8. The van der Waals surface area contributed by atoms with Crippen LogP contribution >= 0.6 is 22.9 Å². The van der Waals surface area contributed by atoms with Crippen LogP contribution in [0, 0.1) is 0 Å². The molecule has 1 atom stereocenters. The summed E-state index contributed by atoms with van der Waals surface area (Å²) >= 11 is 7.31. The van der Waals surface area contributed by atoms with Crippen molar-refractivity contribution < 1.29 is 14.6 Å². The number of amides is 1. The van der Waals surface area contributed by atoms with Crippen molar-refractivity contribution in [2.75, 3.05) is 11.9 Å². The van der Waals surface area contributed by atoms with E-state index < -0.39 is 0 Å². The zero-order valence-electron chi connectivity index (χ0n) is 15.8. The number of nitrogens with one attached hydrogen (secondary N) is 2. The highest BCUT2D eigenvalue weighted by atomic mass is 35.5. The van der Waals surface area contributed by atoms with Gasteiger partial charge < -0.3 is 20.5 Å².